The average molecular weight is 447 g/mol. The van der Waals surface area contributed by atoms with Crippen LogP contribution in [0.25, 0.3) is 0 Å². The van der Waals surface area contributed by atoms with E-state index in [0.29, 0.717) is 5.69 Å². The van der Waals surface area contributed by atoms with Crippen molar-refractivity contribution in [2.45, 2.75) is 50.5 Å². The van der Waals surface area contributed by atoms with Gasteiger partial charge in [0, 0.05) is 6.61 Å². The molecule has 0 heterocycles. The molecule has 6 nitrogen and oxygen atoms in total. The van der Waals surface area contributed by atoms with E-state index in [1.165, 1.54) is 0 Å². The van der Waals surface area contributed by atoms with Crippen LogP contribution >= 0.6 is 0 Å². The number of sulfonamides is 1. The molecular formula is C24H34N2O4S. The first-order chi connectivity index (χ1) is 14.4. The molecule has 1 N–H and O–H groups in total. The minimum Gasteiger partial charge on any atom is -0.396 e. The van der Waals surface area contributed by atoms with E-state index in [-0.39, 0.29) is 35.7 Å². The summed E-state index contributed by atoms with van der Waals surface area (Å²) >= 11 is 0. The van der Waals surface area contributed by atoms with Gasteiger partial charge in [-0.15, -0.1) is 0 Å². The van der Waals surface area contributed by atoms with Crippen LogP contribution in [0.15, 0.2) is 53.4 Å². The lowest BCUT2D eigenvalue weighted by molar-refractivity contribution is -0.122. The molecule has 0 bridgehead atoms. The highest BCUT2D eigenvalue weighted by Gasteiger charge is 2.31. The fraction of sp³-hybridized carbons (Fsp3) is 0.458. The quantitative estimate of drug-likeness (QED) is 0.639. The van der Waals surface area contributed by atoms with E-state index in [1.807, 2.05) is 31.2 Å². The Labute approximate surface area is 186 Å². The van der Waals surface area contributed by atoms with Crippen molar-refractivity contribution in [3.63, 3.8) is 0 Å². The number of hydrogen-bond donors (Lipinski definition) is 1. The first-order valence-corrected chi connectivity index (χ1v) is 11.8. The third kappa shape index (κ3) is 6.15. The van der Waals surface area contributed by atoms with Gasteiger partial charge in [0.15, 0.2) is 5.78 Å². The Hall–Kier alpha value is -2.22. The average Bonchev–Trinajstić information content (AvgIpc) is 2.70. The molecule has 0 amide bonds. The summed E-state index contributed by atoms with van der Waals surface area (Å²) < 4.78 is 28.3. The van der Waals surface area contributed by atoms with Gasteiger partial charge < -0.3 is 5.11 Å². The Morgan fingerprint density at radius 3 is 2.00 bits per heavy atom. The molecule has 170 valence electrons. The summed E-state index contributed by atoms with van der Waals surface area (Å²) in [4.78, 5) is 14.9. The molecule has 0 aliphatic rings. The maximum absolute atomic E-state index is 13.6. The third-order valence-electron chi connectivity index (χ3n) is 5.33. The number of ketones is 1. The number of carbonyl (C=O) groups is 1. The van der Waals surface area contributed by atoms with Crippen molar-refractivity contribution in [1.29, 1.82) is 0 Å². The van der Waals surface area contributed by atoms with Crippen LogP contribution in [0, 0.1) is 6.92 Å². The molecule has 2 rings (SSSR count). The zero-order chi connectivity index (χ0) is 23.4. The van der Waals surface area contributed by atoms with Gasteiger partial charge in [-0.3, -0.25) is 14.0 Å². The van der Waals surface area contributed by atoms with Crippen molar-refractivity contribution in [2.24, 2.45) is 0 Å². The minimum atomic E-state index is -3.97. The first-order valence-electron chi connectivity index (χ1n) is 10.4. The number of likely N-dealkylation sites (N-methyl/N-ethyl adjacent to an activating group) is 1. The van der Waals surface area contributed by atoms with E-state index >= 15 is 0 Å². The molecule has 0 aromatic heterocycles. The smallest absolute Gasteiger partial charge is 0.264 e. The van der Waals surface area contributed by atoms with E-state index in [9.17, 15) is 18.3 Å². The molecule has 7 heteroatoms. The number of aliphatic hydroxyl groups is 1. The van der Waals surface area contributed by atoms with E-state index in [2.05, 4.69) is 20.8 Å². The predicted octanol–water partition coefficient (Wildman–Crippen LogP) is 3.37. The van der Waals surface area contributed by atoms with Crippen molar-refractivity contribution < 1.29 is 18.3 Å². The zero-order valence-electron chi connectivity index (χ0n) is 19.3. The van der Waals surface area contributed by atoms with Crippen molar-refractivity contribution in [3.8, 4) is 0 Å². The van der Waals surface area contributed by atoms with Crippen molar-refractivity contribution in [1.82, 2.24) is 4.90 Å². The fourth-order valence-electron chi connectivity index (χ4n) is 3.36. The number of aryl methyl sites for hydroxylation is 1. The number of hydrogen-bond acceptors (Lipinski definition) is 5. The lowest BCUT2D eigenvalue weighted by Crippen LogP contribution is -2.45. The lowest BCUT2D eigenvalue weighted by atomic mass is 9.87. The van der Waals surface area contributed by atoms with Gasteiger partial charge in [-0.05, 0) is 62.7 Å². The molecule has 1 unspecified atom stereocenters. The lowest BCUT2D eigenvalue weighted by Gasteiger charge is -2.28. The summed E-state index contributed by atoms with van der Waals surface area (Å²) in [6, 6.07) is 13.3. The summed E-state index contributed by atoms with van der Waals surface area (Å²) in [5, 5.41) is 9.33. The molecule has 1 atom stereocenters. The highest BCUT2D eigenvalue weighted by Crippen LogP contribution is 2.27. The third-order valence-corrected chi connectivity index (χ3v) is 7.12. The van der Waals surface area contributed by atoms with E-state index in [0.717, 1.165) is 15.4 Å². The standard InChI is InChI=1S/C24H34N2O4S/c1-18-7-11-20(12-8-18)26(17-23(28)22(15-16-27)25(5)6)31(29,30)21-13-9-19(10-14-21)24(2,3)4/h7-14,22,27H,15-17H2,1-6H3. The number of rotatable bonds is 9. The zero-order valence-corrected chi connectivity index (χ0v) is 20.1. The molecule has 0 radical (unpaired) electrons. The van der Waals surface area contributed by atoms with Gasteiger partial charge in [-0.25, -0.2) is 8.42 Å². The molecule has 2 aromatic carbocycles. The second kappa shape index (κ2) is 9.94. The monoisotopic (exact) mass is 446 g/mol. The van der Waals surface area contributed by atoms with Crippen molar-refractivity contribution in [2.75, 3.05) is 31.6 Å². The highest BCUT2D eigenvalue weighted by atomic mass is 32.2. The Balaban J connectivity index is 2.48. The molecule has 31 heavy (non-hydrogen) atoms. The van der Waals surface area contributed by atoms with Gasteiger partial charge in [0.25, 0.3) is 10.0 Å². The van der Waals surface area contributed by atoms with E-state index in [1.54, 1.807) is 43.3 Å². The SMILES string of the molecule is Cc1ccc(N(CC(=O)C(CCO)N(C)C)S(=O)(=O)c2ccc(C(C)(C)C)cc2)cc1. The van der Waals surface area contributed by atoms with E-state index < -0.39 is 16.1 Å². The number of benzene rings is 2. The largest absolute Gasteiger partial charge is 0.396 e. The molecule has 0 saturated carbocycles. The van der Waals surface area contributed by atoms with Crippen LogP contribution in [-0.4, -0.2) is 57.5 Å². The van der Waals surface area contributed by atoms with Crippen LogP contribution in [0.3, 0.4) is 0 Å². The molecule has 0 fully saturated rings. The van der Waals surface area contributed by atoms with Crippen LogP contribution < -0.4 is 4.31 Å². The van der Waals surface area contributed by atoms with Crippen LogP contribution in [0.1, 0.15) is 38.3 Å². The summed E-state index contributed by atoms with van der Waals surface area (Å²) in [6.45, 7) is 7.65. The Morgan fingerprint density at radius 1 is 1.00 bits per heavy atom. The summed E-state index contributed by atoms with van der Waals surface area (Å²) in [5.41, 5.74) is 2.35. The first kappa shape index (κ1) is 25.0. The van der Waals surface area contributed by atoms with Gasteiger partial charge in [-0.1, -0.05) is 50.6 Å². The Morgan fingerprint density at radius 2 is 1.55 bits per heavy atom. The number of Topliss-reactive ketones (excluding diaryl/α,β-unsaturated/α-hetero) is 1. The molecule has 2 aromatic rings. The van der Waals surface area contributed by atoms with Crippen LogP contribution in [0.5, 0.6) is 0 Å². The molecule has 0 aliphatic carbocycles. The summed E-state index contributed by atoms with van der Waals surface area (Å²) in [6.07, 6.45) is 0.244. The van der Waals surface area contributed by atoms with Crippen LogP contribution in [0.2, 0.25) is 0 Å². The van der Waals surface area contributed by atoms with Gasteiger partial charge in [0.1, 0.15) is 0 Å². The van der Waals surface area contributed by atoms with Gasteiger partial charge in [0.05, 0.1) is 23.2 Å². The van der Waals surface area contributed by atoms with Crippen LogP contribution in [-0.2, 0) is 20.2 Å². The molecule has 0 aliphatic heterocycles. The van der Waals surface area contributed by atoms with Crippen LogP contribution in [0.4, 0.5) is 5.69 Å². The Bertz CT molecular complexity index is 976. The number of aliphatic hydroxyl groups excluding tert-OH is 1. The van der Waals surface area contributed by atoms with Gasteiger partial charge >= 0.3 is 0 Å². The number of anilines is 1. The topological polar surface area (TPSA) is 77.9 Å². The number of carbonyl (C=O) groups excluding carboxylic acids is 1. The molecular weight excluding hydrogens is 412 g/mol. The Kier molecular flexibility index (Phi) is 8.03. The van der Waals surface area contributed by atoms with Crippen molar-refractivity contribution >= 4 is 21.5 Å². The second-order valence-corrected chi connectivity index (χ2v) is 10.9. The van der Waals surface area contributed by atoms with Crippen molar-refractivity contribution in [3.05, 3.63) is 59.7 Å². The van der Waals surface area contributed by atoms with Gasteiger partial charge in [-0.2, -0.15) is 0 Å². The second-order valence-electron chi connectivity index (χ2n) is 9.08. The molecule has 0 saturated heterocycles. The highest BCUT2D eigenvalue weighted by molar-refractivity contribution is 7.92. The fourth-order valence-corrected chi connectivity index (χ4v) is 4.79. The maximum Gasteiger partial charge on any atom is 0.264 e. The minimum absolute atomic E-state index is 0.0991. The maximum atomic E-state index is 13.6. The number of nitrogens with zero attached hydrogens (tertiary/aromatic N) is 2. The summed E-state index contributed by atoms with van der Waals surface area (Å²) in [7, 11) is -0.479. The normalized spacial score (nSPS) is 13.3. The van der Waals surface area contributed by atoms with E-state index in [4.69, 9.17) is 0 Å². The van der Waals surface area contributed by atoms with Gasteiger partial charge in [0.2, 0.25) is 0 Å². The summed E-state index contributed by atoms with van der Waals surface area (Å²) in [5.74, 6) is -0.269. The predicted molar refractivity (Wildman–Crippen MR) is 125 cm³/mol. The molecule has 0 spiro atoms.